The topological polar surface area (TPSA) is 140 Å². The average molecular weight is 631 g/mol. The summed E-state index contributed by atoms with van der Waals surface area (Å²) in [6.45, 7) is 1.14. The molecule has 0 spiro atoms. The zero-order valence-electron chi connectivity index (χ0n) is 25.4. The number of ether oxygens (including phenoxy) is 1. The number of nitrogens with two attached hydrogens (primary N) is 1. The van der Waals surface area contributed by atoms with Crippen LogP contribution in [-0.2, 0) is 13.0 Å². The molecule has 1 amide bonds. The molecule has 0 aliphatic carbocycles. The van der Waals surface area contributed by atoms with Gasteiger partial charge in [0.2, 0.25) is 0 Å². The fraction of sp³-hybridized carbons (Fsp3) is 0.286. The van der Waals surface area contributed by atoms with Gasteiger partial charge in [0.25, 0.3) is 5.91 Å². The smallest absolute Gasteiger partial charge is 0.251 e. The molecule has 238 valence electrons. The summed E-state index contributed by atoms with van der Waals surface area (Å²) in [4.78, 5) is 13.7. The first-order valence-corrected chi connectivity index (χ1v) is 16.7. The van der Waals surface area contributed by atoms with Gasteiger partial charge in [-0.15, -0.1) is 10.8 Å². The van der Waals surface area contributed by atoms with E-state index in [4.69, 9.17) is 10.5 Å². The van der Waals surface area contributed by atoms with Crippen LogP contribution in [-0.4, -0.2) is 58.2 Å². The van der Waals surface area contributed by atoms with Gasteiger partial charge in [-0.3, -0.25) is 18.2 Å². The Morgan fingerprint density at radius 3 is 2.42 bits per heavy atom. The van der Waals surface area contributed by atoms with Gasteiger partial charge in [-0.2, -0.15) is 0 Å². The van der Waals surface area contributed by atoms with Gasteiger partial charge in [0, 0.05) is 36.8 Å². The molecule has 7 N–H and O–H groups in total. The minimum absolute atomic E-state index is 0.0969. The lowest BCUT2D eigenvalue weighted by Gasteiger charge is -2.50. The van der Waals surface area contributed by atoms with E-state index in [1.54, 1.807) is 29.6 Å². The van der Waals surface area contributed by atoms with Crippen LogP contribution in [0.2, 0.25) is 0 Å². The maximum absolute atomic E-state index is 13.7. The number of anilines is 2. The van der Waals surface area contributed by atoms with Crippen molar-refractivity contribution in [2.45, 2.75) is 37.5 Å². The summed E-state index contributed by atoms with van der Waals surface area (Å²) in [5.41, 5.74) is 10.4. The van der Waals surface area contributed by atoms with Gasteiger partial charge in [0.1, 0.15) is 5.75 Å². The van der Waals surface area contributed by atoms with Crippen molar-refractivity contribution in [1.29, 1.82) is 0 Å². The van der Waals surface area contributed by atoms with E-state index in [-0.39, 0.29) is 23.8 Å². The molecule has 4 aromatic rings. The van der Waals surface area contributed by atoms with Gasteiger partial charge in [-0.25, -0.2) is 0 Å². The summed E-state index contributed by atoms with van der Waals surface area (Å²) in [7, 11) is -1.48. The SMILES string of the molecule is COc1cccc(CNC[C@@H](O)[C@H](Cc2ccccc2)NC(=O)c2cc(N)cc(N3CC(c4ccccc4)CCS3(O)O)c2)c1. The van der Waals surface area contributed by atoms with Gasteiger partial charge in [-0.05, 0) is 59.9 Å². The van der Waals surface area contributed by atoms with Crippen LogP contribution >= 0.6 is 10.8 Å². The van der Waals surface area contributed by atoms with Crippen LogP contribution in [0.25, 0.3) is 0 Å². The Hall–Kier alpha value is -4.06. The van der Waals surface area contributed by atoms with Gasteiger partial charge < -0.3 is 26.2 Å². The molecule has 1 aliphatic heterocycles. The van der Waals surface area contributed by atoms with E-state index in [1.807, 2.05) is 84.9 Å². The Balaban J connectivity index is 1.32. The highest BCUT2D eigenvalue weighted by atomic mass is 32.3. The highest BCUT2D eigenvalue weighted by Gasteiger charge is 2.33. The largest absolute Gasteiger partial charge is 0.497 e. The predicted molar refractivity (Wildman–Crippen MR) is 182 cm³/mol. The standard InChI is InChI=1S/C35H42N4O5S/c1-44-32-14-8-11-26(17-32)22-37-23-34(40)33(18-25-9-4-2-5-10-25)38-35(41)29-19-30(36)21-31(20-29)39-24-28(15-16-45(39,42)43)27-12-6-3-7-13-27/h2-14,17,19-21,28,33-34,37,40,42-43H,15-16,18,22-24,36H2,1H3,(H,38,41)/t28?,33-,34+/m0/s1. The number of nitrogens with one attached hydrogen (secondary N) is 2. The maximum Gasteiger partial charge on any atom is 0.251 e. The fourth-order valence-electron chi connectivity index (χ4n) is 5.69. The molecule has 1 fully saturated rings. The second kappa shape index (κ2) is 14.8. The van der Waals surface area contributed by atoms with Gasteiger partial charge >= 0.3 is 0 Å². The van der Waals surface area contributed by atoms with Crippen molar-refractivity contribution < 1.29 is 23.7 Å². The van der Waals surface area contributed by atoms with E-state index >= 15 is 0 Å². The number of nitrogen functional groups attached to an aromatic ring is 1. The highest BCUT2D eigenvalue weighted by molar-refractivity contribution is 8.25. The summed E-state index contributed by atoms with van der Waals surface area (Å²) in [6, 6.07) is 31.6. The average Bonchev–Trinajstić information content (AvgIpc) is 3.05. The molecular weight excluding hydrogens is 588 g/mol. The van der Waals surface area contributed by atoms with Crippen molar-refractivity contribution in [2.75, 3.05) is 36.0 Å². The summed E-state index contributed by atoms with van der Waals surface area (Å²) in [5.74, 6) is 0.660. The van der Waals surface area contributed by atoms with Crippen molar-refractivity contribution in [3.05, 3.63) is 125 Å². The summed E-state index contributed by atoms with van der Waals surface area (Å²) < 4.78 is 28.9. The monoisotopic (exact) mass is 630 g/mol. The van der Waals surface area contributed by atoms with E-state index < -0.39 is 28.8 Å². The molecule has 0 radical (unpaired) electrons. The minimum atomic E-state index is -3.10. The number of amides is 1. The Morgan fingerprint density at radius 2 is 1.69 bits per heavy atom. The fourth-order valence-corrected chi connectivity index (χ4v) is 7.38. The van der Waals surface area contributed by atoms with Crippen LogP contribution in [0.1, 0.15) is 39.4 Å². The number of nitrogens with zero attached hydrogens (tertiary/aromatic N) is 1. The molecule has 9 nitrogen and oxygen atoms in total. The molecule has 3 atom stereocenters. The quantitative estimate of drug-likeness (QED) is 0.114. The molecule has 4 aromatic carbocycles. The summed E-state index contributed by atoms with van der Waals surface area (Å²) >= 11 is 0. The third kappa shape index (κ3) is 8.56. The molecule has 10 heteroatoms. The number of hydrogen-bond acceptors (Lipinski definition) is 8. The van der Waals surface area contributed by atoms with E-state index in [9.17, 15) is 19.0 Å². The number of aliphatic hydroxyl groups is 1. The molecule has 5 rings (SSSR count). The van der Waals surface area contributed by atoms with Crippen LogP contribution in [0.3, 0.4) is 0 Å². The van der Waals surface area contributed by atoms with Gasteiger partial charge in [-0.1, -0.05) is 72.8 Å². The molecule has 1 unspecified atom stereocenters. The lowest BCUT2D eigenvalue weighted by Crippen LogP contribution is -2.48. The minimum Gasteiger partial charge on any atom is -0.497 e. The number of carbonyl (C=O) groups is 1. The maximum atomic E-state index is 13.7. The first-order valence-electron chi connectivity index (χ1n) is 15.1. The molecule has 1 aliphatic rings. The van der Waals surface area contributed by atoms with Crippen molar-refractivity contribution in [1.82, 2.24) is 10.6 Å². The van der Waals surface area contributed by atoms with Crippen LogP contribution in [0, 0.1) is 0 Å². The Kier molecular flexibility index (Phi) is 10.6. The van der Waals surface area contributed by atoms with Crippen molar-refractivity contribution in [3.8, 4) is 5.75 Å². The number of methoxy groups -OCH3 is 1. The molecule has 1 saturated heterocycles. The van der Waals surface area contributed by atoms with E-state index in [1.165, 1.54) is 0 Å². The normalized spacial score (nSPS) is 18.0. The Bertz CT molecular complexity index is 1560. The lowest BCUT2D eigenvalue weighted by molar-refractivity contribution is 0.0830. The van der Waals surface area contributed by atoms with Gasteiger partial charge in [0.15, 0.2) is 0 Å². The Labute approximate surface area is 266 Å². The highest BCUT2D eigenvalue weighted by Crippen LogP contribution is 2.52. The number of carbonyl (C=O) groups excluding carboxylic acids is 1. The van der Waals surface area contributed by atoms with Crippen LogP contribution in [0.5, 0.6) is 5.75 Å². The molecule has 1 heterocycles. The first kappa shape index (κ1) is 32.3. The van der Waals surface area contributed by atoms with Crippen molar-refractivity contribution >= 4 is 28.1 Å². The van der Waals surface area contributed by atoms with Crippen LogP contribution in [0.4, 0.5) is 11.4 Å². The first-order chi connectivity index (χ1) is 21.7. The van der Waals surface area contributed by atoms with E-state index in [2.05, 4.69) is 10.6 Å². The molecule has 0 aromatic heterocycles. The summed E-state index contributed by atoms with van der Waals surface area (Å²) in [5, 5.41) is 17.6. The van der Waals surface area contributed by atoms with Crippen LogP contribution in [0.15, 0.2) is 103 Å². The van der Waals surface area contributed by atoms with E-state index in [0.29, 0.717) is 37.3 Å². The number of hydrogen-bond donors (Lipinski definition) is 6. The molecule has 0 saturated carbocycles. The van der Waals surface area contributed by atoms with Crippen molar-refractivity contribution in [2.24, 2.45) is 0 Å². The van der Waals surface area contributed by atoms with Gasteiger partial charge in [0.05, 0.1) is 30.7 Å². The summed E-state index contributed by atoms with van der Waals surface area (Å²) in [6.07, 6.45) is 0.152. The van der Waals surface area contributed by atoms with Crippen molar-refractivity contribution in [3.63, 3.8) is 0 Å². The third-order valence-electron chi connectivity index (χ3n) is 8.14. The molecular formula is C35H42N4O5S. The zero-order valence-corrected chi connectivity index (χ0v) is 26.2. The lowest BCUT2D eigenvalue weighted by atomic mass is 9.96. The number of aliphatic hydroxyl groups excluding tert-OH is 1. The zero-order chi connectivity index (χ0) is 31.8. The number of rotatable bonds is 12. The van der Waals surface area contributed by atoms with Crippen LogP contribution < -0.4 is 25.4 Å². The molecule has 0 bridgehead atoms. The Morgan fingerprint density at radius 1 is 0.978 bits per heavy atom. The second-order valence-electron chi connectivity index (χ2n) is 11.4. The molecule has 45 heavy (non-hydrogen) atoms. The number of benzene rings is 4. The third-order valence-corrected chi connectivity index (χ3v) is 9.99. The second-order valence-corrected chi connectivity index (χ2v) is 13.5. The predicted octanol–water partition coefficient (Wildman–Crippen LogP) is 5.43. The van der Waals surface area contributed by atoms with E-state index in [0.717, 1.165) is 22.4 Å².